The Bertz CT molecular complexity index is 1350. The van der Waals surface area contributed by atoms with Crippen LogP contribution in [0.4, 0.5) is 5.69 Å². The molecule has 2 aromatic heterocycles. The summed E-state index contributed by atoms with van der Waals surface area (Å²) in [5, 5.41) is 5.39. The Morgan fingerprint density at radius 1 is 0.966 bits per heavy atom. The Morgan fingerprint density at radius 2 is 1.72 bits per heavy atom. The lowest BCUT2D eigenvalue weighted by Gasteiger charge is -2.09. The fourth-order valence-electron chi connectivity index (χ4n) is 3.27. The molecule has 142 valence electrons. The molecule has 0 spiro atoms. The SMILES string of the molecule is Cc1cc(-c2nc3ccccc3s2)ccc1NC(=O)c1sc2ccccc2c1Cl. The fourth-order valence-corrected chi connectivity index (χ4v) is 5.65. The van der Waals surface area contributed by atoms with E-state index in [2.05, 4.69) is 17.4 Å². The van der Waals surface area contributed by atoms with Crippen LogP contribution in [0, 0.1) is 6.92 Å². The van der Waals surface area contributed by atoms with E-state index in [4.69, 9.17) is 16.6 Å². The molecule has 0 saturated heterocycles. The number of para-hydroxylation sites is 1. The van der Waals surface area contributed by atoms with Gasteiger partial charge >= 0.3 is 0 Å². The van der Waals surface area contributed by atoms with Crippen molar-refractivity contribution in [1.29, 1.82) is 0 Å². The van der Waals surface area contributed by atoms with Gasteiger partial charge in [0.15, 0.2) is 0 Å². The number of thiophene rings is 1. The molecule has 6 heteroatoms. The average molecular weight is 435 g/mol. The number of hydrogen-bond donors (Lipinski definition) is 1. The van der Waals surface area contributed by atoms with Crippen molar-refractivity contribution in [1.82, 2.24) is 4.98 Å². The molecule has 1 amide bonds. The van der Waals surface area contributed by atoms with Crippen molar-refractivity contribution < 1.29 is 4.79 Å². The molecule has 0 unspecified atom stereocenters. The van der Waals surface area contributed by atoms with Crippen molar-refractivity contribution in [2.75, 3.05) is 5.32 Å². The van der Waals surface area contributed by atoms with Crippen molar-refractivity contribution in [3.8, 4) is 10.6 Å². The molecule has 0 aliphatic rings. The zero-order valence-corrected chi connectivity index (χ0v) is 17.8. The normalized spacial score (nSPS) is 11.2. The Labute approximate surface area is 180 Å². The van der Waals surface area contributed by atoms with Crippen LogP contribution in [0.2, 0.25) is 5.02 Å². The number of fused-ring (bicyclic) bond motifs is 2. The van der Waals surface area contributed by atoms with E-state index in [1.54, 1.807) is 11.3 Å². The molecule has 0 aliphatic heterocycles. The smallest absolute Gasteiger partial charge is 0.267 e. The minimum absolute atomic E-state index is 0.188. The Kier molecular flexibility index (Phi) is 4.59. The van der Waals surface area contributed by atoms with Crippen molar-refractivity contribution in [3.63, 3.8) is 0 Å². The van der Waals surface area contributed by atoms with Crippen LogP contribution in [0.25, 0.3) is 30.9 Å². The van der Waals surface area contributed by atoms with E-state index in [0.717, 1.165) is 42.1 Å². The lowest BCUT2D eigenvalue weighted by atomic mass is 10.1. The number of aryl methyl sites for hydroxylation is 1. The topological polar surface area (TPSA) is 42.0 Å². The summed E-state index contributed by atoms with van der Waals surface area (Å²) < 4.78 is 2.17. The first-order chi connectivity index (χ1) is 14.1. The van der Waals surface area contributed by atoms with Gasteiger partial charge in [-0.2, -0.15) is 0 Å². The second-order valence-electron chi connectivity index (χ2n) is 6.71. The zero-order chi connectivity index (χ0) is 20.0. The maximum absolute atomic E-state index is 12.8. The van der Waals surface area contributed by atoms with Crippen molar-refractivity contribution >= 4 is 66.2 Å². The number of carbonyl (C=O) groups excluding carboxylic acids is 1. The van der Waals surface area contributed by atoms with Crippen LogP contribution in [0.15, 0.2) is 66.7 Å². The van der Waals surface area contributed by atoms with E-state index in [0.29, 0.717) is 9.90 Å². The number of anilines is 1. The van der Waals surface area contributed by atoms with Crippen LogP contribution < -0.4 is 5.32 Å². The second kappa shape index (κ2) is 7.26. The highest BCUT2D eigenvalue weighted by atomic mass is 35.5. The number of nitrogens with one attached hydrogen (secondary N) is 1. The standard InChI is InChI=1S/C23H15ClN2OS2/c1-13-12-14(23-26-17-7-3-5-9-19(17)29-23)10-11-16(13)25-22(27)21-20(24)15-6-2-4-8-18(15)28-21/h2-12H,1H3,(H,25,27). The van der Waals surface area contributed by atoms with E-state index in [9.17, 15) is 4.79 Å². The van der Waals surface area contributed by atoms with E-state index in [1.807, 2.05) is 61.5 Å². The minimum Gasteiger partial charge on any atom is -0.321 e. The molecular weight excluding hydrogens is 420 g/mol. The highest BCUT2D eigenvalue weighted by Gasteiger charge is 2.18. The van der Waals surface area contributed by atoms with Gasteiger partial charge in [0.2, 0.25) is 0 Å². The van der Waals surface area contributed by atoms with Gasteiger partial charge in [0.25, 0.3) is 5.91 Å². The average Bonchev–Trinajstić information content (AvgIpc) is 3.31. The molecule has 0 bridgehead atoms. The first-order valence-corrected chi connectivity index (χ1v) is 11.1. The van der Waals surface area contributed by atoms with Crippen LogP contribution in [0.5, 0.6) is 0 Å². The zero-order valence-electron chi connectivity index (χ0n) is 15.4. The van der Waals surface area contributed by atoms with Crippen LogP contribution in [-0.2, 0) is 0 Å². The van der Waals surface area contributed by atoms with E-state index in [-0.39, 0.29) is 5.91 Å². The summed E-state index contributed by atoms with van der Waals surface area (Å²) in [5.41, 5.74) is 3.80. The third kappa shape index (κ3) is 3.31. The summed E-state index contributed by atoms with van der Waals surface area (Å²) in [7, 11) is 0. The molecule has 3 nitrogen and oxygen atoms in total. The van der Waals surface area contributed by atoms with Gasteiger partial charge in [-0.15, -0.1) is 22.7 Å². The van der Waals surface area contributed by atoms with Crippen LogP contribution in [0.1, 0.15) is 15.2 Å². The number of nitrogens with zero attached hydrogens (tertiary/aromatic N) is 1. The van der Waals surface area contributed by atoms with Crippen LogP contribution >= 0.6 is 34.3 Å². The third-order valence-corrected chi connectivity index (χ3v) is 7.52. The minimum atomic E-state index is -0.188. The first kappa shape index (κ1) is 18.3. The number of halogens is 1. The van der Waals surface area contributed by atoms with Gasteiger partial charge in [-0.05, 0) is 48.9 Å². The van der Waals surface area contributed by atoms with E-state index in [1.165, 1.54) is 11.3 Å². The molecule has 2 heterocycles. The molecule has 5 rings (SSSR count). The predicted octanol–water partition coefficient (Wildman–Crippen LogP) is 7.39. The maximum atomic E-state index is 12.8. The van der Waals surface area contributed by atoms with E-state index < -0.39 is 0 Å². The molecular formula is C23H15ClN2OS2. The molecule has 0 saturated carbocycles. The molecule has 3 aromatic carbocycles. The largest absolute Gasteiger partial charge is 0.321 e. The highest BCUT2D eigenvalue weighted by Crippen LogP contribution is 2.36. The molecule has 0 aliphatic carbocycles. The molecule has 29 heavy (non-hydrogen) atoms. The number of thiazole rings is 1. The number of benzene rings is 3. The van der Waals surface area contributed by atoms with Gasteiger partial charge in [-0.3, -0.25) is 4.79 Å². The Balaban J connectivity index is 1.44. The lowest BCUT2D eigenvalue weighted by molar-refractivity contribution is 0.103. The first-order valence-electron chi connectivity index (χ1n) is 9.05. The number of amides is 1. The van der Waals surface area contributed by atoms with Gasteiger partial charge in [0.1, 0.15) is 9.88 Å². The van der Waals surface area contributed by atoms with Gasteiger partial charge in [0, 0.05) is 21.3 Å². The number of rotatable bonds is 3. The number of carbonyl (C=O) groups is 1. The number of hydrogen-bond acceptors (Lipinski definition) is 4. The molecule has 0 atom stereocenters. The summed E-state index contributed by atoms with van der Waals surface area (Å²) in [4.78, 5) is 18.1. The quantitative estimate of drug-likeness (QED) is 0.321. The Hall–Kier alpha value is -2.73. The van der Waals surface area contributed by atoms with Gasteiger partial charge in [-0.1, -0.05) is 41.9 Å². The highest BCUT2D eigenvalue weighted by molar-refractivity contribution is 7.22. The molecule has 0 fully saturated rings. The van der Waals surface area contributed by atoms with Crippen molar-refractivity contribution in [2.45, 2.75) is 6.92 Å². The monoisotopic (exact) mass is 434 g/mol. The summed E-state index contributed by atoms with van der Waals surface area (Å²) >= 11 is 9.52. The fraction of sp³-hybridized carbons (Fsp3) is 0.0435. The van der Waals surface area contributed by atoms with Gasteiger partial charge < -0.3 is 5.32 Å². The predicted molar refractivity (Wildman–Crippen MR) is 125 cm³/mol. The van der Waals surface area contributed by atoms with E-state index >= 15 is 0 Å². The third-order valence-electron chi connectivity index (χ3n) is 4.76. The van der Waals surface area contributed by atoms with Crippen LogP contribution in [-0.4, -0.2) is 10.9 Å². The van der Waals surface area contributed by atoms with Crippen LogP contribution in [0.3, 0.4) is 0 Å². The molecule has 1 N–H and O–H groups in total. The van der Waals surface area contributed by atoms with Gasteiger partial charge in [-0.25, -0.2) is 4.98 Å². The second-order valence-corrected chi connectivity index (χ2v) is 9.17. The van der Waals surface area contributed by atoms with Gasteiger partial charge in [0.05, 0.1) is 15.2 Å². The van der Waals surface area contributed by atoms with Crippen molar-refractivity contribution in [3.05, 3.63) is 82.2 Å². The van der Waals surface area contributed by atoms with Crippen molar-refractivity contribution in [2.24, 2.45) is 0 Å². The maximum Gasteiger partial charge on any atom is 0.267 e. The summed E-state index contributed by atoms with van der Waals surface area (Å²) in [5.74, 6) is -0.188. The number of aromatic nitrogens is 1. The summed E-state index contributed by atoms with van der Waals surface area (Å²) in [6.45, 7) is 1.99. The lowest BCUT2D eigenvalue weighted by Crippen LogP contribution is -2.11. The summed E-state index contributed by atoms with van der Waals surface area (Å²) in [6, 6.07) is 21.9. The molecule has 0 radical (unpaired) electrons. The molecule has 5 aromatic rings. The summed E-state index contributed by atoms with van der Waals surface area (Å²) in [6.07, 6.45) is 0. The Morgan fingerprint density at radius 3 is 2.48 bits per heavy atom.